The molecular formula is C13H12BrN3O3S. The van der Waals surface area contributed by atoms with Crippen molar-refractivity contribution in [3.05, 3.63) is 58.3 Å². The summed E-state index contributed by atoms with van der Waals surface area (Å²) in [5.41, 5.74) is 3.15. The van der Waals surface area contributed by atoms with Crippen LogP contribution in [0.15, 0.2) is 52.0 Å². The van der Waals surface area contributed by atoms with E-state index in [-0.39, 0.29) is 10.6 Å². The summed E-state index contributed by atoms with van der Waals surface area (Å²) in [6.45, 7) is 1.84. The number of nitrogens with zero attached hydrogens (tertiary/aromatic N) is 1. The van der Waals surface area contributed by atoms with Crippen molar-refractivity contribution in [2.75, 3.05) is 0 Å². The van der Waals surface area contributed by atoms with Gasteiger partial charge in [0, 0.05) is 10.7 Å². The lowest BCUT2D eigenvalue weighted by molar-refractivity contribution is 0.0940. The second kappa shape index (κ2) is 6.33. The number of pyridine rings is 1. The molecule has 0 fully saturated rings. The van der Waals surface area contributed by atoms with E-state index in [0.29, 0.717) is 4.47 Å². The van der Waals surface area contributed by atoms with Gasteiger partial charge in [0.15, 0.2) is 0 Å². The summed E-state index contributed by atoms with van der Waals surface area (Å²) in [5, 5.41) is 0. The molecule has 2 aromatic rings. The third-order valence-electron chi connectivity index (χ3n) is 2.57. The van der Waals surface area contributed by atoms with Gasteiger partial charge in [-0.15, -0.1) is 4.83 Å². The van der Waals surface area contributed by atoms with Crippen molar-refractivity contribution in [1.29, 1.82) is 0 Å². The fourth-order valence-electron chi connectivity index (χ4n) is 1.55. The van der Waals surface area contributed by atoms with Crippen LogP contribution in [0.5, 0.6) is 0 Å². The van der Waals surface area contributed by atoms with Crippen molar-refractivity contribution in [2.24, 2.45) is 0 Å². The normalized spacial score (nSPS) is 11.1. The van der Waals surface area contributed by atoms with Gasteiger partial charge in [0.05, 0.1) is 4.90 Å². The summed E-state index contributed by atoms with van der Waals surface area (Å²) >= 11 is 3.19. The Morgan fingerprint density at radius 3 is 2.62 bits per heavy atom. The molecule has 1 heterocycles. The Hall–Kier alpha value is -1.77. The van der Waals surface area contributed by atoms with E-state index >= 15 is 0 Å². The number of rotatable bonds is 4. The van der Waals surface area contributed by atoms with Crippen LogP contribution in [0.2, 0.25) is 0 Å². The van der Waals surface area contributed by atoms with E-state index in [1.807, 2.05) is 11.8 Å². The average Bonchev–Trinajstić information content (AvgIpc) is 2.45. The molecule has 110 valence electrons. The SMILES string of the molecule is Cc1ccc(S(=O)(=O)NNC(=O)c2ccccn2)c(Br)c1. The maximum Gasteiger partial charge on any atom is 0.284 e. The second-order valence-electron chi connectivity index (χ2n) is 4.21. The third-order valence-corrected chi connectivity index (χ3v) is 4.80. The number of carbonyl (C=O) groups is 1. The topological polar surface area (TPSA) is 88.2 Å². The molecule has 0 saturated heterocycles. The van der Waals surface area contributed by atoms with Crippen LogP contribution in [-0.4, -0.2) is 19.3 Å². The highest BCUT2D eigenvalue weighted by atomic mass is 79.9. The number of hydrogen-bond acceptors (Lipinski definition) is 4. The van der Waals surface area contributed by atoms with E-state index in [1.165, 1.54) is 18.3 Å². The molecule has 0 saturated carbocycles. The Balaban J connectivity index is 2.13. The molecule has 0 radical (unpaired) electrons. The van der Waals surface area contributed by atoms with E-state index < -0.39 is 15.9 Å². The zero-order chi connectivity index (χ0) is 15.5. The molecule has 0 unspecified atom stereocenters. The molecule has 0 aliphatic rings. The summed E-state index contributed by atoms with van der Waals surface area (Å²) in [6.07, 6.45) is 1.44. The summed E-state index contributed by atoms with van der Waals surface area (Å²) in [5.74, 6) is -0.637. The minimum Gasteiger partial charge on any atom is -0.272 e. The summed E-state index contributed by atoms with van der Waals surface area (Å²) in [4.78, 5) is 17.6. The van der Waals surface area contributed by atoms with Crippen LogP contribution in [0.3, 0.4) is 0 Å². The van der Waals surface area contributed by atoms with Gasteiger partial charge in [-0.05, 0) is 52.7 Å². The third kappa shape index (κ3) is 3.87. The van der Waals surface area contributed by atoms with E-state index in [9.17, 15) is 13.2 Å². The van der Waals surface area contributed by atoms with Gasteiger partial charge in [0.25, 0.3) is 15.9 Å². The highest BCUT2D eigenvalue weighted by Gasteiger charge is 2.19. The highest BCUT2D eigenvalue weighted by Crippen LogP contribution is 2.22. The van der Waals surface area contributed by atoms with Crippen molar-refractivity contribution in [2.45, 2.75) is 11.8 Å². The minimum absolute atomic E-state index is 0.0365. The lowest BCUT2D eigenvalue weighted by atomic mass is 10.2. The van der Waals surface area contributed by atoms with E-state index in [1.54, 1.807) is 24.3 Å². The smallest absolute Gasteiger partial charge is 0.272 e. The van der Waals surface area contributed by atoms with Gasteiger partial charge < -0.3 is 0 Å². The zero-order valence-corrected chi connectivity index (χ0v) is 13.4. The van der Waals surface area contributed by atoms with Gasteiger partial charge in [0.1, 0.15) is 5.69 Å². The van der Waals surface area contributed by atoms with Gasteiger partial charge in [-0.3, -0.25) is 15.2 Å². The minimum atomic E-state index is -3.87. The molecule has 0 atom stereocenters. The summed E-state index contributed by atoms with van der Waals surface area (Å²) < 4.78 is 24.7. The van der Waals surface area contributed by atoms with Crippen LogP contribution in [-0.2, 0) is 10.0 Å². The monoisotopic (exact) mass is 369 g/mol. The van der Waals surface area contributed by atoms with Gasteiger partial charge in [-0.2, -0.15) is 0 Å². The molecule has 1 aromatic heterocycles. The lowest BCUT2D eigenvalue weighted by Gasteiger charge is -2.10. The molecule has 0 spiro atoms. The zero-order valence-electron chi connectivity index (χ0n) is 11.0. The first-order valence-electron chi connectivity index (χ1n) is 5.89. The molecule has 8 heteroatoms. The number of nitrogens with one attached hydrogen (secondary N) is 2. The Morgan fingerprint density at radius 2 is 2.00 bits per heavy atom. The second-order valence-corrected chi connectivity index (χ2v) is 6.71. The van der Waals surface area contributed by atoms with Crippen molar-refractivity contribution in [3.8, 4) is 0 Å². The number of amides is 1. The Labute approximate surface area is 130 Å². The molecule has 2 N–H and O–H groups in total. The number of aromatic nitrogens is 1. The summed E-state index contributed by atoms with van der Waals surface area (Å²) in [7, 11) is -3.87. The molecule has 0 bridgehead atoms. The molecular weight excluding hydrogens is 358 g/mol. The van der Waals surface area contributed by atoms with Gasteiger partial charge >= 0.3 is 0 Å². The molecule has 2 rings (SSSR count). The molecule has 21 heavy (non-hydrogen) atoms. The largest absolute Gasteiger partial charge is 0.284 e. The molecule has 0 aliphatic carbocycles. The van der Waals surface area contributed by atoms with Crippen molar-refractivity contribution < 1.29 is 13.2 Å². The maximum atomic E-state index is 12.1. The Kier molecular flexibility index (Phi) is 4.71. The average molecular weight is 370 g/mol. The quantitative estimate of drug-likeness (QED) is 0.803. The van der Waals surface area contributed by atoms with Crippen LogP contribution < -0.4 is 10.3 Å². The highest BCUT2D eigenvalue weighted by molar-refractivity contribution is 9.10. The number of carbonyl (C=O) groups excluding carboxylic acids is 1. The predicted octanol–water partition coefficient (Wildman–Crippen LogP) is 1.78. The van der Waals surface area contributed by atoms with E-state index in [0.717, 1.165) is 5.56 Å². The fourth-order valence-corrected chi connectivity index (χ4v) is 3.59. The number of sulfonamides is 1. The number of hydrazine groups is 1. The van der Waals surface area contributed by atoms with Crippen molar-refractivity contribution in [3.63, 3.8) is 0 Å². The first kappa shape index (κ1) is 15.6. The van der Waals surface area contributed by atoms with Crippen LogP contribution in [0.25, 0.3) is 0 Å². The van der Waals surface area contributed by atoms with E-state index in [2.05, 4.69) is 26.3 Å². The molecule has 0 aliphatic heterocycles. The molecule has 1 amide bonds. The first-order valence-corrected chi connectivity index (χ1v) is 8.17. The van der Waals surface area contributed by atoms with E-state index in [4.69, 9.17) is 0 Å². The first-order chi connectivity index (χ1) is 9.90. The maximum absolute atomic E-state index is 12.1. The molecule has 6 nitrogen and oxygen atoms in total. The summed E-state index contributed by atoms with van der Waals surface area (Å²) in [6, 6.07) is 9.56. The van der Waals surface area contributed by atoms with Crippen LogP contribution in [0, 0.1) is 6.92 Å². The Bertz CT molecular complexity index is 763. The number of halogens is 1. The van der Waals surface area contributed by atoms with Crippen LogP contribution in [0.1, 0.15) is 16.1 Å². The van der Waals surface area contributed by atoms with Gasteiger partial charge in [0.2, 0.25) is 0 Å². The van der Waals surface area contributed by atoms with Crippen molar-refractivity contribution in [1.82, 2.24) is 15.2 Å². The van der Waals surface area contributed by atoms with Gasteiger partial charge in [-0.1, -0.05) is 12.1 Å². The Morgan fingerprint density at radius 1 is 1.24 bits per heavy atom. The fraction of sp³-hybridized carbons (Fsp3) is 0.0769. The van der Waals surface area contributed by atoms with Crippen LogP contribution >= 0.6 is 15.9 Å². The molecule has 1 aromatic carbocycles. The number of benzene rings is 1. The van der Waals surface area contributed by atoms with Crippen LogP contribution in [0.4, 0.5) is 0 Å². The lowest BCUT2D eigenvalue weighted by Crippen LogP contribution is -2.41. The predicted molar refractivity (Wildman–Crippen MR) is 80.9 cm³/mol. The number of hydrogen-bond donors (Lipinski definition) is 2. The van der Waals surface area contributed by atoms with Crippen molar-refractivity contribution >= 4 is 31.9 Å². The standard InChI is InChI=1S/C13H12BrN3O3S/c1-9-5-6-12(10(14)8-9)21(19,20)17-16-13(18)11-4-2-3-7-15-11/h2-8,17H,1H3,(H,16,18). The van der Waals surface area contributed by atoms with Gasteiger partial charge in [-0.25, -0.2) is 8.42 Å². The number of aryl methyl sites for hydroxylation is 1.